The molecule has 0 spiro atoms. The number of hydrogen-bond acceptors (Lipinski definition) is 7. The Labute approximate surface area is 301 Å². The van der Waals surface area contributed by atoms with Gasteiger partial charge in [-0.2, -0.15) is 5.10 Å². The third kappa shape index (κ3) is 7.39. The van der Waals surface area contributed by atoms with Crippen molar-refractivity contribution in [3.05, 3.63) is 76.6 Å². The van der Waals surface area contributed by atoms with Gasteiger partial charge in [-0.1, -0.05) is 43.3 Å². The highest BCUT2D eigenvalue weighted by atomic mass is 16.5. The Balaban J connectivity index is 1.25. The van der Waals surface area contributed by atoms with Crippen molar-refractivity contribution in [2.45, 2.75) is 97.8 Å². The van der Waals surface area contributed by atoms with E-state index in [1.165, 1.54) is 29.5 Å². The monoisotopic (exact) mass is 691 g/mol. The first-order valence-electron chi connectivity index (χ1n) is 19.0. The first-order chi connectivity index (χ1) is 24.8. The Bertz CT molecular complexity index is 1890. The molecule has 0 bridgehead atoms. The molecule has 270 valence electrons. The quantitative estimate of drug-likeness (QED) is 0.149. The third-order valence-corrected chi connectivity index (χ3v) is 11.3. The zero-order valence-corrected chi connectivity index (χ0v) is 30.5. The van der Waals surface area contributed by atoms with Crippen molar-refractivity contribution >= 4 is 28.5 Å². The Morgan fingerprint density at radius 2 is 1.82 bits per heavy atom. The molecule has 4 aromatic rings. The molecule has 0 unspecified atom stereocenters. The lowest BCUT2D eigenvalue weighted by Gasteiger charge is -2.30. The molecule has 4 N–H and O–H groups in total. The average molecular weight is 692 g/mol. The van der Waals surface area contributed by atoms with Crippen molar-refractivity contribution in [2.75, 3.05) is 31.6 Å². The summed E-state index contributed by atoms with van der Waals surface area (Å²) in [4.78, 5) is 34.3. The second kappa shape index (κ2) is 15.1. The van der Waals surface area contributed by atoms with Crippen LogP contribution in [0.25, 0.3) is 22.2 Å². The fourth-order valence-electron chi connectivity index (χ4n) is 8.05. The highest BCUT2D eigenvalue weighted by Crippen LogP contribution is 2.48. The van der Waals surface area contributed by atoms with E-state index >= 15 is 0 Å². The van der Waals surface area contributed by atoms with E-state index in [1.807, 2.05) is 15.8 Å². The van der Waals surface area contributed by atoms with Gasteiger partial charge in [0.05, 0.1) is 17.3 Å². The van der Waals surface area contributed by atoms with Crippen molar-refractivity contribution in [2.24, 2.45) is 17.1 Å². The summed E-state index contributed by atoms with van der Waals surface area (Å²) in [6.07, 6.45) is 8.84. The molecule has 0 radical (unpaired) electrons. The van der Waals surface area contributed by atoms with Crippen LogP contribution in [-0.2, 0) is 46.8 Å². The number of hydrogen-bond donors (Lipinski definition) is 3. The number of anilines is 1. The molecular formula is C41H53N7O3. The fourth-order valence-corrected chi connectivity index (χ4v) is 8.05. The largest absolute Gasteiger partial charge is 0.381 e. The molecule has 4 heterocycles. The molecule has 2 aliphatic heterocycles. The molecule has 2 aromatic carbocycles. The van der Waals surface area contributed by atoms with Crippen LogP contribution in [0.15, 0.2) is 48.7 Å². The lowest BCUT2D eigenvalue weighted by molar-refractivity contribution is -0.144. The highest BCUT2D eigenvalue weighted by molar-refractivity contribution is 6.07. The van der Waals surface area contributed by atoms with Gasteiger partial charge in [0.2, 0.25) is 11.8 Å². The molecule has 3 aliphatic rings. The van der Waals surface area contributed by atoms with Crippen molar-refractivity contribution in [3.8, 4) is 11.1 Å². The van der Waals surface area contributed by atoms with Gasteiger partial charge < -0.3 is 26.0 Å². The third-order valence-electron chi connectivity index (χ3n) is 11.3. The maximum atomic E-state index is 14.5. The molecule has 2 amide bonds. The van der Waals surface area contributed by atoms with Crippen LogP contribution in [0.2, 0.25) is 0 Å². The average Bonchev–Trinajstić information content (AvgIpc) is 3.87. The fraction of sp³-hybridized carbons (Fsp3) is 0.512. The van der Waals surface area contributed by atoms with Gasteiger partial charge in [0.1, 0.15) is 5.41 Å². The van der Waals surface area contributed by atoms with E-state index in [0.29, 0.717) is 58.0 Å². The van der Waals surface area contributed by atoms with Crippen LogP contribution in [-0.4, -0.2) is 63.8 Å². The van der Waals surface area contributed by atoms with Gasteiger partial charge >= 0.3 is 0 Å². The Kier molecular flexibility index (Phi) is 10.4. The van der Waals surface area contributed by atoms with Gasteiger partial charge in [-0.15, -0.1) is 0 Å². The number of nitrogens with zero attached hydrogens (tertiary/aromatic N) is 4. The van der Waals surface area contributed by atoms with Crippen molar-refractivity contribution < 1.29 is 14.3 Å². The maximum absolute atomic E-state index is 14.5. The van der Waals surface area contributed by atoms with Crippen LogP contribution in [0.1, 0.15) is 80.3 Å². The summed E-state index contributed by atoms with van der Waals surface area (Å²) in [5.41, 5.74) is 14.4. The van der Waals surface area contributed by atoms with Crippen molar-refractivity contribution in [3.63, 3.8) is 0 Å². The standard InChI is InChI=1S/C41H53N7O3/c1-4-36-35(37(45-32-13-19-51-20-14-32)34-24-44-48(5-2)38(34)46-36)26-47(40(50)41(15-16-41)39(42)49)25-30-10-9-27(3)33(23-30)31-8-6-7-29(22-31)21-28-11-17-43-18-12-28/h6-10,22-24,28,32,43H,4-5,11-21,25-26H2,1-3H3,(H2,42,49)(H,45,46). The molecule has 0 atom stereocenters. The number of primary amides is 1. The van der Waals surface area contributed by atoms with Crippen LogP contribution >= 0.6 is 0 Å². The van der Waals surface area contributed by atoms with E-state index in [-0.39, 0.29) is 11.9 Å². The number of ether oxygens (including phenoxy) is 1. The first-order valence-corrected chi connectivity index (χ1v) is 19.0. The summed E-state index contributed by atoms with van der Waals surface area (Å²) in [6, 6.07) is 15.6. The number of carbonyl (C=O) groups is 2. The summed E-state index contributed by atoms with van der Waals surface area (Å²) in [5.74, 6) is -0.0383. The van der Waals surface area contributed by atoms with E-state index in [4.69, 9.17) is 15.5 Å². The number of benzene rings is 2. The molecule has 2 aromatic heterocycles. The second-order valence-corrected chi connectivity index (χ2v) is 14.8. The number of amides is 2. The van der Waals surface area contributed by atoms with E-state index in [1.54, 1.807) is 0 Å². The van der Waals surface area contributed by atoms with Crippen molar-refractivity contribution in [1.29, 1.82) is 0 Å². The molecule has 1 saturated carbocycles. The Morgan fingerprint density at radius 1 is 1.04 bits per heavy atom. The number of piperidine rings is 1. The SMILES string of the molecule is CCc1nc2c(cnn2CC)c(NC2CCOCC2)c1CN(Cc1ccc(C)c(-c2cccc(CC3CCNCC3)c2)c1)C(=O)C1(C(N)=O)CC1. The number of nitrogens with one attached hydrogen (secondary N) is 2. The number of aryl methyl sites for hydroxylation is 3. The number of aromatic nitrogens is 3. The topological polar surface area (TPSA) is 127 Å². The number of rotatable bonds is 13. The second-order valence-electron chi connectivity index (χ2n) is 14.8. The number of pyridine rings is 1. The molecule has 3 fully saturated rings. The van der Waals surface area contributed by atoms with Gasteiger partial charge in [-0.25, -0.2) is 9.67 Å². The summed E-state index contributed by atoms with van der Waals surface area (Å²) >= 11 is 0. The molecule has 1 aliphatic carbocycles. The van der Waals surface area contributed by atoms with Crippen LogP contribution in [0.4, 0.5) is 5.69 Å². The Hall–Kier alpha value is -4.28. The van der Waals surface area contributed by atoms with E-state index in [9.17, 15) is 9.59 Å². The van der Waals surface area contributed by atoms with Crippen molar-refractivity contribution in [1.82, 2.24) is 25.0 Å². The lowest BCUT2D eigenvalue weighted by Crippen LogP contribution is -2.43. The van der Waals surface area contributed by atoms with Gasteiger partial charge in [-0.3, -0.25) is 9.59 Å². The Morgan fingerprint density at radius 3 is 2.53 bits per heavy atom. The predicted molar refractivity (Wildman–Crippen MR) is 201 cm³/mol. The van der Waals surface area contributed by atoms with Crippen LogP contribution in [0.3, 0.4) is 0 Å². The van der Waals surface area contributed by atoms with Crippen LogP contribution < -0.4 is 16.4 Å². The minimum absolute atomic E-state index is 0.204. The normalized spacial score (nSPS) is 17.8. The van der Waals surface area contributed by atoms with Crippen LogP contribution in [0.5, 0.6) is 0 Å². The van der Waals surface area contributed by atoms with Gasteiger partial charge in [-0.05, 0) is 118 Å². The van der Waals surface area contributed by atoms with Gasteiger partial charge in [0.25, 0.3) is 0 Å². The number of carbonyl (C=O) groups excluding carboxylic acids is 2. The zero-order valence-electron chi connectivity index (χ0n) is 30.5. The smallest absolute Gasteiger partial charge is 0.238 e. The zero-order chi connectivity index (χ0) is 35.5. The number of fused-ring (bicyclic) bond motifs is 1. The summed E-state index contributed by atoms with van der Waals surface area (Å²) < 4.78 is 7.60. The lowest BCUT2D eigenvalue weighted by atomic mass is 9.89. The number of nitrogens with two attached hydrogens (primary N) is 1. The molecule has 7 rings (SSSR count). The first kappa shape index (κ1) is 35.1. The molecule has 51 heavy (non-hydrogen) atoms. The molecule has 2 saturated heterocycles. The maximum Gasteiger partial charge on any atom is 0.238 e. The summed E-state index contributed by atoms with van der Waals surface area (Å²) in [6.45, 7) is 11.3. The highest BCUT2D eigenvalue weighted by Gasteiger charge is 2.57. The predicted octanol–water partition coefficient (Wildman–Crippen LogP) is 5.92. The molecule has 10 heteroatoms. The molecule has 10 nitrogen and oxygen atoms in total. The van der Waals surface area contributed by atoms with E-state index in [0.717, 1.165) is 71.5 Å². The van der Waals surface area contributed by atoms with E-state index in [2.05, 4.69) is 79.0 Å². The molecular weight excluding hydrogens is 638 g/mol. The van der Waals surface area contributed by atoms with Gasteiger partial charge in [0, 0.05) is 50.1 Å². The van der Waals surface area contributed by atoms with Gasteiger partial charge in [0.15, 0.2) is 5.65 Å². The van der Waals surface area contributed by atoms with E-state index < -0.39 is 11.3 Å². The van der Waals surface area contributed by atoms with Crippen LogP contribution in [0, 0.1) is 18.3 Å². The summed E-state index contributed by atoms with van der Waals surface area (Å²) in [7, 11) is 0. The summed E-state index contributed by atoms with van der Waals surface area (Å²) in [5, 5.41) is 12.9. The minimum Gasteiger partial charge on any atom is -0.381 e. The minimum atomic E-state index is -1.15.